The minimum atomic E-state index is -0.515. The van der Waals surface area contributed by atoms with E-state index in [9.17, 15) is 15.0 Å². The van der Waals surface area contributed by atoms with Gasteiger partial charge in [0.15, 0.2) is 0 Å². The van der Waals surface area contributed by atoms with Gasteiger partial charge in [-0.1, -0.05) is 142 Å². The smallest absolute Gasteiger partial charge is 0.407 e. The van der Waals surface area contributed by atoms with Gasteiger partial charge in [-0.2, -0.15) is 0 Å². The summed E-state index contributed by atoms with van der Waals surface area (Å²) in [4.78, 5) is 14.3. The minimum absolute atomic E-state index is 0.139. The fraction of sp³-hybridized carbons (Fsp3) is 0.973. The van der Waals surface area contributed by atoms with E-state index in [2.05, 4.69) is 31.0 Å². The van der Waals surface area contributed by atoms with Crippen LogP contribution in [-0.2, 0) is 4.74 Å². The maximum Gasteiger partial charge on any atom is 0.407 e. The van der Waals surface area contributed by atoms with Crippen LogP contribution in [0.25, 0.3) is 0 Å². The van der Waals surface area contributed by atoms with Crippen molar-refractivity contribution >= 4 is 6.09 Å². The fourth-order valence-electron chi connectivity index (χ4n) is 5.77. The van der Waals surface area contributed by atoms with Gasteiger partial charge in [0.05, 0.1) is 12.2 Å². The number of carbonyl (C=O) groups excluding carboxylic acids is 1. The zero-order valence-corrected chi connectivity index (χ0v) is 29.8. The predicted molar refractivity (Wildman–Crippen MR) is 185 cm³/mol. The van der Waals surface area contributed by atoms with E-state index in [1.807, 2.05) is 20.8 Å². The van der Waals surface area contributed by atoms with E-state index in [0.29, 0.717) is 19.6 Å². The summed E-state index contributed by atoms with van der Waals surface area (Å²) in [7, 11) is 0. The van der Waals surface area contributed by atoms with Gasteiger partial charge in [0, 0.05) is 25.7 Å². The lowest BCUT2D eigenvalue weighted by molar-refractivity contribution is 0.0373. The summed E-state index contributed by atoms with van der Waals surface area (Å²) in [6, 6.07) is 0.139. The molecule has 258 valence electrons. The first-order chi connectivity index (χ1) is 20.6. The van der Waals surface area contributed by atoms with Crippen LogP contribution in [0, 0.1) is 0 Å². The standard InChI is InChI=1S/C37H76N2O4/c1-7-9-11-13-15-17-19-21-23-25-27-34(40)31-39(33(3)29-30-38-36(42)43-37(4,5)6)32-35(41)28-26-24-22-20-18-16-14-12-10-8-2/h33-35,40-41H,7-32H2,1-6H3,(H,38,42). The summed E-state index contributed by atoms with van der Waals surface area (Å²) < 4.78 is 5.37. The highest BCUT2D eigenvalue weighted by atomic mass is 16.6. The molecule has 0 fully saturated rings. The Bertz CT molecular complexity index is 578. The molecular formula is C37H76N2O4. The number of nitrogens with one attached hydrogen (secondary N) is 1. The molecule has 0 aliphatic carbocycles. The van der Waals surface area contributed by atoms with Crippen molar-refractivity contribution in [3.8, 4) is 0 Å². The molecule has 1 amide bonds. The highest BCUT2D eigenvalue weighted by Gasteiger charge is 2.22. The molecule has 0 aliphatic heterocycles. The number of ether oxygens (including phenoxy) is 1. The Balaban J connectivity index is 4.48. The third kappa shape index (κ3) is 29.6. The summed E-state index contributed by atoms with van der Waals surface area (Å²) in [5.41, 5.74) is -0.515. The number of aliphatic hydroxyl groups is 2. The molecule has 6 heteroatoms. The molecule has 0 aromatic carbocycles. The number of unbranched alkanes of at least 4 members (excludes halogenated alkanes) is 18. The second-order valence-corrected chi connectivity index (χ2v) is 14.3. The van der Waals surface area contributed by atoms with E-state index in [4.69, 9.17) is 4.74 Å². The average molecular weight is 613 g/mol. The van der Waals surface area contributed by atoms with Crippen LogP contribution >= 0.6 is 0 Å². The van der Waals surface area contributed by atoms with Gasteiger partial charge in [0.1, 0.15) is 5.60 Å². The Labute approximate surface area is 268 Å². The summed E-state index contributed by atoms with van der Waals surface area (Å²) in [6.45, 7) is 13.9. The molecule has 0 rings (SSSR count). The molecule has 0 saturated carbocycles. The molecular weight excluding hydrogens is 536 g/mol. The number of aliphatic hydroxyl groups excluding tert-OH is 2. The summed E-state index contributed by atoms with van der Waals surface area (Å²) in [5.74, 6) is 0. The van der Waals surface area contributed by atoms with Gasteiger partial charge in [-0.3, -0.25) is 4.90 Å². The molecule has 6 nitrogen and oxygen atoms in total. The predicted octanol–water partition coefficient (Wildman–Crippen LogP) is 9.94. The number of nitrogens with zero attached hydrogens (tertiary/aromatic N) is 1. The van der Waals surface area contributed by atoms with E-state index in [-0.39, 0.29) is 18.2 Å². The summed E-state index contributed by atoms with van der Waals surface area (Å²) in [6.07, 6.45) is 27.0. The SMILES string of the molecule is CCCCCCCCCCCCC(O)CN(CC(O)CCCCCCCCCCCC)C(C)CCNC(=O)OC(C)(C)C. The molecule has 3 N–H and O–H groups in total. The molecule has 0 saturated heterocycles. The molecule has 0 aromatic rings. The van der Waals surface area contributed by atoms with Crippen LogP contribution in [0.15, 0.2) is 0 Å². The number of alkyl carbamates (subject to hydrolysis) is 1. The second kappa shape index (κ2) is 28.6. The van der Waals surface area contributed by atoms with Crippen molar-refractivity contribution in [2.45, 2.75) is 213 Å². The van der Waals surface area contributed by atoms with Crippen molar-refractivity contribution in [1.29, 1.82) is 0 Å². The van der Waals surface area contributed by atoms with Gasteiger partial charge >= 0.3 is 6.09 Å². The lowest BCUT2D eigenvalue weighted by Gasteiger charge is -2.33. The molecule has 0 aromatic heterocycles. The van der Waals surface area contributed by atoms with Crippen molar-refractivity contribution in [1.82, 2.24) is 10.2 Å². The largest absolute Gasteiger partial charge is 0.444 e. The number of hydrogen-bond acceptors (Lipinski definition) is 5. The molecule has 0 radical (unpaired) electrons. The first-order valence-corrected chi connectivity index (χ1v) is 18.7. The Morgan fingerprint density at radius 3 is 1.33 bits per heavy atom. The van der Waals surface area contributed by atoms with Crippen molar-refractivity contribution < 1.29 is 19.7 Å². The third-order valence-electron chi connectivity index (χ3n) is 8.53. The van der Waals surface area contributed by atoms with Crippen molar-refractivity contribution in [2.75, 3.05) is 19.6 Å². The van der Waals surface area contributed by atoms with Crippen LogP contribution in [0.2, 0.25) is 0 Å². The molecule has 3 atom stereocenters. The van der Waals surface area contributed by atoms with Crippen molar-refractivity contribution in [3.63, 3.8) is 0 Å². The Kier molecular flexibility index (Phi) is 28.0. The van der Waals surface area contributed by atoms with Gasteiger partial charge in [-0.15, -0.1) is 0 Å². The van der Waals surface area contributed by atoms with Crippen LogP contribution in [0.5, 0.6) is 0 Å². The zero-order chi connectivity index (χ0) is 32.2. The molecule has 0 aliphatic rings. The van der Waals surface area contributed by atoms with E-state index < -0.39 is 11.7 Å². The van der Waals surface area contributed by atoms with Gasteiger partial charge in [0.2, 0.25) is 0 Å². The van der Waals surface area contributed by atoms with Gasteiger partial charge in [0.25, 0.3) is 0 Å². The molecule has 3 unspecified atom stereocenters. The lowest BCUT2D eigenvalue weighted by Crippen LogP contribution is -2.45. The van der Waals surface area contributed by atoms with Crippen molar-refractivity contribution in [2.24, 2.45) is 0 Å². The fourth-order valence-corrected chi connectivity index (χ4v) is 5.77. The normalized spacial score (nSPS) is 14.2. The molecule has 43 heavy (non-hydrogen) atoms. The van der Waals surface area contributed by atoms with Gasteiger partial charge < -0.3 is 20.3 Å². The van der Waals surface area contributed by atoms with E-state index >= 15 is 0 Å². The third-order valence-corrected chi connectivity index (χ3v) is 8.53. The van der Waals surface area contributed by atoms with E-state index in [1.165, 1.54) is 116 Å². The molecule has 0 bridgehead atoms. The Morgan fingerprint density at radius 1 is 0.628 bits per heavy atom. The monoisotopic (exact) mass is 613 g/mol. The Hall–Kier alpha value is -0.850. The minimum Gasteiger partial charge on any atom is -0.444 e. The number of rotatable bonds is 30. The quantitative estimate of drug-likeness (QED) is 0.0703. The van der Waals surface area contributed by atoms with Crippen LogP contribution in [-0.4, -0.2) is 64.7 Å². The van der Waals surface area contributed by atoms with E-state index in [1.54, 1.807) is 0 Å². The second-order valence-electron chi connectivity index (χ2n) is 14.3. The zero-order valence-electron chi connectivity index (χ0n) is 29.8. The molecule has 0 spiro atoms. The topological polar surface area (TPSA) is 82.0 Å². The average Bonchev–Trinajstić information content (AvgIpc) is 2.93. The maximum absolute atomic E-state index is 12.1. The number of carbonyl (C=O) groups is 1. The van der Waals surface area contributed by atoms with Gasteiger partial charge in [-0.05, 0) is 47.0 Å². The van der Waals surface area contributed by atoms with Gasteiger partial charge in [-0.25, -0.2) is 4.79 Å². The molecule has 0 heterocycles. The van der Waals surface area contributed by atoms with Crippen molar-refractivity contribution in [3.05, 3.63) is 0 Å². The Morgan fingerprint density at radius 2 is 0.977 bits per heavy atom. The first kappa shape index (κ1) is 42.1. The summed E-state index contributed by atoms with van der Waals surface area (Å²) >= 11 is 0. The van der Waals surface area contributed by atoms with Crippen LogP contribution in [0.1, 0.15) is 189 Å². The first-order valence-electron chi connectivity index (χ1n) is 18.7. The number of hydrogen-bond donors (Lipinski definition) is 3. The summed E-state index contributed by atoms with van der Waals surface area (Å²) in [5, 5.41) is 24.7. The maximum atomic E-state index is 12.1. The van der Waals surface area contributed by atoms with Crippen LogP contribution in [0.3, 0.4) is 0 Å². The highest BCUT2D eigenvalue weighted by Crippen LogP contribution is 2.16. The highest BCUT2D eigenvalue weighted by molar-refractivity contribution is 5.67. The van der Waals surface area contributed by atoms with E-state index in [0.717, 1.165) is 32.1 Å². The number of amides is 1. The lowest BCUT2D eigenvalue weighted by atomic mass is 10.0. The van der Waals surface area contributed by atoms with Crippen LogP contribution < -0.4 is 5.32 Å². The van der Waals surface area contributed by atoms with Crippen LogP contribution in [0.4, 0.5) is 4.79 Å².